The maximum absolute atomic E-state index is 14.3. The third-order valence-corrected chi connectivity index (χ3v) is 4.38. The second kappa shape index (κ2) is 7.16. The first-order chi connectivity index (χ1) is 13.2. The predicted molar refractivity (Wildman–Crippen MR) is 99.8 cm³/mol. The number of hydrogen-bond acceptors (Lipinski definition) is 5. The number of hydrogen-bond donors (Lipinski definition) is 1. The lowest BCUT2D eigenvalue weighted by Crippen LogP contribution is -2.21. The molecule has 0 bridgehead atoms. The lowest BCUT2D eigenvalue weighted by molar-refractivity contribution is 0.184. The van der Waals surface area contributed by atoms with Crippen LogP contribution in [0.2, 0.25) is 0 Å². The summed E-state index contributed by atoms with van der Waals surface area (Å²) in [6.07, 6.45) is 3.40. The van der Waals surface area contributed by atoms with Gasteiger partial charge in [-0.3, -0.25) is 4.68 Å². The van der Waals surface area contributed by atoms with Gasteiger partial charge in [-0.15, -0.1) is 0 Å². The van der Waals surface area contributed by atoms with Gasteiger partial charge in [0.05, 0.1) is 30.2 Å². The summed E-state index contributed by atoms with van der Waals surface area (Å²) in [4.78, 5) is 4.53. The van der Waals surface area contributed by atoms with Gasteiger partial charge in [0.1, 0.15) is 11.6 Å². The van der Waals surface area contributed by atoms with Crippen molar-refractivity contribution in [2.75, 3.05) is 19.0 Å². The second-order valence-electron chi connectivity index (χ2n) is 6.14. The van der Waals surface area contributed by atoms with Crippen molar-refractivity contribution in [2.24, 2.45) is 7.05 Å². The van der Waals surface area contributed by atoms with Gasteiger partial charge in [0.15, 0.2) is 5.65 Å². The maximum Gasteiger partial charge on any atom is 0.157 e. The highest BCUT2D eigenvalue weighted by molar-refractivity contribution is 5.67. The number of aryl methyl sites for hydroxylation is 1. The fourth-order valence-electron chi connectivity index (χ4n) is 3.09. The van der Waals surface area contributed by atoms with Gasteiger partial charge in [-0.05, 0) is 18.2 Å². The van der Waals surface area contributed by atoms with Crippen LogP contribution in [0.15, 0.2) is 54.9 Å². The van der Waals surface area contributed by atoms with E-state index in [2.05, 4.69) is 20.5 Å². The number of nitrogens with zero attached hydrogens (tertiary/aromatic N) is 5. The number of nitrogens with one attached hydrogen (secondary N) is 1. The molecule has 0 fully saturated rings. The van der Waals surface area contributed by atoms with Crippen molar-refractivity contribution in [3.8, 4) is 11.3 Å². The minimum atomic E-state index is -0.320. The number of anilines is 1. The molecule has 0 saturated heterocycles. The Morgan fingerprint density at radius 1 is 1.15 bits per heavy atom. The highest BCUT2D eigenvalue weighted by Gasteiger charge is 2.18. The van der Waals surface area contributed by atoms with Crippen LogP contribution < -0.4 is 5.32 Å². The maximum atomic E-state index is 14.3. The van der Waals surface area contributed by atoms with Crippen LogP contribution in [0.3, 0.4) is 0 Å². The third kappa shape index (κ3) is 3.26. The molecule has 7 nitrogen and oxygen atoms in total. The minimum Gasteiger partial charge on any atom is -0.382 e. The number of benzene rings is 1. The van der Waals surface area contributed by atoms with E-state index in [0.29, 0.717) is 29.3 Å². The number of methoxy groups -OCH3 is 1. The zero-order valence-corrected chi connectivity index (χ0v) is 15.0. The molecule has 0 aliphatic heterocycles. The molecule has 1 atom stereocenters. The van der Waals surface area contributed by atoms with Gasteiger partial charge in [0, 0.05) is 38.1 Å². The first kappa shape index (κ1) is 17.2. The average molecular weight is 366 g/mol. The van der Waals surface area contributed by atoms with Crippen molar-refractivity contribution in [1.29, 1.82) is 0 Å². The molecule has 0 radical (unpaired) electrons. The van der Waals surface area contributed by atoms with E-state index in [1.54, 1.807) is 59.0 Å². The van der Waals surface area contributed by atoms with E-state index in [1.807, 2.05) is 13.1 Å². The average Bonchev–Trinajstić information content (AvgIpc) is 3.30. The van der Waals surface area contributed by atoms with E-state index >= 15 is 0 Å². The van der Waals surface area contributed by atoms with Crippen LogP contribution in [0, 0.1) is 5.82 Å². The quantitative estimate of drug-likeness (QED) is 0.568. The van der Waals surface area contributed by atoms with Crippen molar-refractivity contribution < 1.29 is 9.13 Å². The first-order valence-electron chi connectivity index (χ1n) is 8.50. The van der Waals surface area contributed by atoms with Gasteiger partial charge in [0.25, 0.3) is 0 Å². The molecule has 1 aromatic carbocycles. The Morgan fingerprint density at radius 2 is 1.96 bits per heavy atom. The van der Waals surface area contributed by atoms with Gasteiger partial charge in [-0.2, -0.15) is 14.7 Å². The van der Waals surface area contributed by atoms with Crippen LogP contribution >= 0.6 is 0 Å². The van der Waals surface area contributed by atoms with Crippen LogP contribution in [0.4, 0.5) is 10.2 Å². The number of fused-ring (bicyclic) bond motifs is 1. The molecule has 27 heavy (non-hydrogen) atoms. The molecule has 8 heteroatoms. The molecule has 4 rings (SSSR count). The van der Waals surface area contributed by atoms with Crippen molar-refractivity contribution >= 4 is 11.5 Å². The minimum absolute atomic E-state index is 0.161. The number of rotatable bonds is 6. The number of ether oxygens (including phenoxy) is 1. The normalized spacial score (nSPS) is 12.4. The van der Waals surface area contributed by atoms with Crippen molar-refractivity contribution in [3.63, 3.8) is 0 Å². The molecule has 3 aromatic heterocycles. The zero-order valence-electron chi connectivity index (χ0n) is 15.0. The Morgan fingerprint density at radius 3 is 2.70 bits per heavy atom. The van der Waals surface area contributed by atoms with Crippen LogP contribution in [0.5, 0.6) is 0 Å². The molecule has 3 heterocycles. The Bertz CT molecular complexity index is 1070. The molecule has 138 valence electrons. The van der Waals surface area contributed by atoms with Crippen molar-refractivity contribution in [1.82, 2.24) is 24.4 Å². The summed E-state index contributed by atoms with van der Waals surface area (Å²) in [5, 5.41) is 12.0. The molecule has 4 aromatic rings. The highest BCUT2D eigenvalue weighted by atomic mass is 19.1. The lowest BCUT2D eigenvalue weighted by atomic mass is 10.1. The highest BCUT2D eigenvalue weighted by Crippen LogP contribution is 2.27. The molecule has 0 amide bonds. The zero-order chi connectivity index (χ0) is 18.8. The van der Waals surface area contributed by atoms with Crippen LogP contribution in [0.25, 0.3) is 16.9 Å². The first-order valence-corrected chi connectivity index (χ1v) is 8.50. The molecule has 0 spiro atoms. The van der Waals surface area contributed by atoms with Gasteiger partial charge in [0.2, 0.25) is 0 Å². The van der Waals surface area contributed by atoms with E-state index in [1.165, 1.54) is 6.07 Å². The third-order valence-electron chi connectivity index (χ3n) is 4.38. The molecular formula is C19H19FN6O. The number of aromatic nitrogens is 5. The Kier molecular flexibility index (Phi) is 4.55. The van der Waals surface area contributed by atoms with Crippen LogP contribution in [0.1, 0.15) is 11.7 Å². The lowest BCUT2D eigenvalue weighted by Gasteiger charge is -2.20. The smallest absolute Gasteiger partial charge is 0.157 e. The summed E-state index contributed by atoms with van der Waals surface area (Å²) >= 11 is 0. The number of halogens is 1. The summed E-state index contributed by atoms with van der Waals surface area (Å²) in [5.74, 6) is 0.367. The molecule has 0 aliphatic carbocycles. The summed E-state index contributed by atoms with van der Waals surface area (Å²) < 4.78 is 23.1. The molecule has 0 aliphatic rings. The molecule has 0 unspecified atom stereocenters. The molecule has 1 N–H and O–H groups in total. The van der Waals surface area contributed by atoms with Gasteiger partial charge in [-0.25, -0.2) is 9.37 Å². The monoisotopic (exact) mass is 366 g/mol. The largest absolute Gasteiger partial charge is 0.382 e. The standard InChI is InChI=1S/C19H19FN6O/c1-25-17(7-9-21-25)16(12-27-2)24-19-11-15(13-5-3-4-6-14(13)20)23-18-8-10-22-26(18)19/h3-11,16,24H,12H2,1-2H3/t16-/m0/s1. The van der Waals surface area contributed by atoms with Gasteiger partial charge >= 0.3 is 0 Å². The topological polar surface area (TPSA) is 69.3 Å². The molecule has 0 saturated carbocycles. The van der Waals surface area contributed by atoms with Gasteiger partial charge < -0.3 is 10.1 Å². The molecular weight excluding hydrogens is 347 g/mol. The summed E-state index contributed by atoms with van der Waals surface area (Å²) in [7, 11) is 3.52. The fraction of sp³-hybridized carbons (Fsp3) is 0.211. The Hall–Kier alpha value is -3.26. The van der Waals surface area contributed by atoms with E-state index in [9.17, 15) is 4.39 Å². The SMILES string of the molecule is COC[C@H](Nc1cc(-c2ccccc2F)nc2ccnn12)c1ccnn1C. The van der Waals surface area contributed by atoms with Crippen molar-refractivity contribution in [3.05, 3.63) is 66.4 Å². The second-order valence-corrected chi connectivity index (χ2v) is 6.14. The van der Waals surface area contributed by atoms with E-state index in [0.717, 1.165) is 5.69 Å². The Balaban J connectivity index is 1.79. The fourth-order valence-corrected chi connectivity index (χ4v) is 3.09. The van der Waals surface area contributed by atoms with Crippen LogP contribution in [-0.2, 0) is 11.8 Å². The van der Waals surface area contributed by atoms with E-state index in [-0.39, 0.29) is 11.9 Å². The summed E-state index contributed by atoms with van der Waals surface area (Å²) in [6.45, 7) is 0.430. The van der Waals surface area contributed by atoms with Crippen LogP contribution in [-0.4, -0.2) is 38.1 Å². The van der Waals surface area contributed by atoms with Crippen molar-refractivity contribution in [2.45, 2.75) is 6.04 Å². The summed E-state index contributed by atoms with van der Waals surface area (Å²) in [5.41, 5.74) is 2.55. The van der Waals surface area contributed by atoms with Gasteiger partial charge in [-0.1, -0.05) is 12.1 Å². The van der Waals surface area contributed by atoms with E-state index in [4.69, 9.17) is 4.74 Å². The van der Waals surface area contributed by atoms with E-state index < -0.39 is 0 Å². The Labute approximate surface area is 155 Å². The summed E-state index contributed by atoms with van der Waals surface area (Å²) in [6, 6.07) is 11.9. The predicted octanol–water partition coefficient (Wildman–Crippen LogP) is 3.07.